The van der Waals surface area contributed by atoms with Crippen molar-refractivity contribution < 1.29 is 18.1 Å². The third kappa shape index (κ3) is 5.21. The van der Waals surface area contributed by atoms with Crippen molar-refractivity contribution >= 4 is 61.7 Å². The van der Waals surface area contributed by atoms with Crippen molar-refractivity contribution in [2.45, 2.75) is 42.1 Å². The molecule has 32 heavy (non-hydrogen) atoms. The molecule has 10 nitrogen and oxygen atoms in total. The second-order valence-corrected chi connectivity index (χ2v) is 10.2. The molecule has 1 aromatic heterocycles. The first-order chi connectivity index (χ1) is 15.0. The van der Waals surface area contributed by atoms with Crippen LogP contribution in [0.4, 0.5) is 11.4 Å². The number of hydrogen-bond acceptors (Lipinski definition) is 7. The van der Waals surface area contributed by atoms with E-state index in [9.17, 15) is 23.3 Å². The van der Waals surface area contributed by atoms with Crippen LogP contribution in [-0.4, -0.2) is 34.0 Å². The van der Waals surface area contributed by atoms with Gasteiger partial charge in [-0.3, -0.25) is 14.9 Å². The molecule has 170 valence electrons. The van der Waals surface area contributed by atoms with Gasteiger partial charge in [0.15, 0.2) is 5.16 Å². The third-order valence-electron chi connectivity index (χ3n) is 4.53. The Morgan fingerprint density at radius 3 is 2.69 bits per heavy atom. The van der Waals surface area contributed by atoms with Gasteiger partial charge in [-0.15, -0.1) is 0 Å². The molecule has 3 N–H and O–H groups in total. The highest BCUT2D eigenvalue weighted by Gasteiger charge is 2.22. The molecule has 1 unspecified atom stereocenters. The van der Waals surface area contributed by atoms with Gasteiger partial charge >= 0.3 is 0 Å². The van der Waals surface area contributed by atoms with Crippen LogP contribution in [0.3, 0.4) is 0 Å². The number of nitrogens with zero attached hydrogens (tertiary/aromatic N) is 3. The number of sulfonamides is 1. The maximum absolute atomic E-state index is 12.7. The van der Waals surface area contributed by atoms with Crippen LogP contribution in [0.5, 0.6) is 0 Å². The number of non-ortho nitro benzene ring substituents is 1. The number of primary sulfonamides is 1. The lowest BCUT2D eigenvalue weighted by molar-refractivity contribution is -0.384. The number of nitrogens with one attached hydrogen (secondary N) is 1. The number of hydrogen-bond donors (Lipinski definition) is 2. The Morgan fingerprint density at radius 1 is 1.34 bits per heavy atom. The van der Waals surface area contributed by atoms with Gasteiger partial charge in [0.05, 0.1) is 36.8 Å². The number of anilines is 1. The summed E-state index contributed by atoms with van der Waals surface area (Å²) in [6.45, 7) is 4.26. The van der Waals surface area contributed by atoms with Crippen LogP contribution in [0.15, 0.2) is 46.5 Å². The van der Waals surface area contributed by atoms with E-state index in [1.54, 1.807) is 13.0 Å². The maximum atomic E-state index is 12.7. The molecule has 3 rings (SSSR count). The zero-order chi connectivity index (χ0) is 23.6. The van der Waals surface area contributed by atoms with Crippen molar-refractivity contribution in [3.63, 3.8) is 0 Å². The minimum absolute atomic E-state index is 0.0474. The Hall–Kier alpha value is -2.67. The predicted molar refractivity (Wildman–Crippen MR) is 123 cm³/mol. The summed E-state index contributed by atoms with van der Waals surface area (Å²) in [7, 11) is -3.88. The number of fused-ring (bicyclic) bond motifs is 1. The standard InChI is InChI=1S/C19H20ClN5O5S2/c1-3-8-24-17-7-5-13(32(21,29)30)10-16(17)23-19(24)31-11(2)18(26)22-15-9-12(25(27)28)4-6-14(15)20/h4-7,9-11H,3,8H2,1-2H3,(H,22,26)(H2,21,29,30). The first kappa shape index (κ1) is 24.0. The fourth-order valence-electron chi connectivity index (χ4n) is 2.96. The molecule has 3 aromatic rings. The van der Waals surface area contributed by atoms with Crippen LogP contribution in [0.1, 0.15) is 20.3 Å². The number of aryl methyl sites for hydroxylation is 1. The molecule has 0 bridgehead atoms. The quantitative estimate of drug-likeness (QED) is 0.273. The average molecular weight is 498 g/mol. The number of carbonyl (C=O) groups is 1. The maximum Gasteiger partial charge on any atom is 0.271 e. The van der Waals surface area contributed by atoms with Crippen LogP contribution in [-0.2, 0) is 21.4 Å². The highest BCUT2D eigenvalue weighted by atomic mass is 35.5. The van der Waals surface area contributed by atoms with E-state index >= 15 is 0 Å². The highest BCUT2D eigenvalue weighted by molar-refractivity contribution is 8.00. The van der Waals surface area contributed by atoms with Crippen molar-refractivity contribution in [1.82, 2.24) is 9.55 Å². The van der Waals surface area contributed by atoms with Gasteiger partial charge in [-0.1, -0.05) is 30.3 Å². The Labute approximate surface area is 193 Å². The van der Waals surface area contributed by atoms with Gasteiger partial charge in [-0.05, 0) is 37.6 Å². The predicted octanol–water partition coefficient (Wildman–Crippen LogP) is 3.77. The number of aromatic nitrogens is 2. The van der Waals surface area contributed by atoms with Gasteiger partial charge in [0.1, 0.15) is 0 Å². The number of benzene rings is 2. The molecule has 0 spiro atoms. The number of nitro benzene ring substituents is 1. The zero-order valence-electron chi connectivity index (χ0n) is 17.1. The average Bonchev–Trinajstić information content (AvgIpc) is 3.05. The number of amides is 1. The van der Waals surface area contributed by atoms with Crippen LogP contribution in [0.2, 0.25) is 5.02 Å². The van der Waals surface area contributed by atoms with E-state index in [0.717, 1.165) is 11.9 Å². The third-order valence-corrected chi connectivity index (χ3v) is 6.86. The van der Waals surface area contributed by atoms with Gasteiger partial charge in [0.25, 0.3) is 5.69 Å². The van der Waals surface area contributed by atoms with E-state index in [1.807, 2.05) is 11.5 Å². The molecule has 0 aliphatic carbocycles. The van der Waals surface area contributed by atoms with E-state index in [-0.39, 0.29) is 21.3 Å². The Kier molecular flexibility index (Phi) is 7.08. The highest BCUT2D eigenvalue weighted by Crippen LogP contribution is 2.31. The largest absolute Gasteiger partial charge is 0.324 e. The van der Waals surface area contributed by atoms with E-state index in [4.69, 9.17) is 16.7 Å². The van der Waals surface area contributed by atoms with Gasteiger partial charge in [0, 0.05) is 18.7 Å². The second-order valence-electron chi connectivity index (χ2n) is 6.91. The SMILES string of the molecule is CCCn1c(SC(C)C(=O)Nc2cc([N+](=O)[O-])ccc2Cl)nc2cc(S(N)(=O)=O)ccc21. The minimum atomic E-state index is -3.88. The first-order valence-electron chi connectivity index (χ1n) is 9.45. The molecule has 0 saturated heterocycles. The van der Waals surface area contributed by atoms with Crippen molar-refractivity contribution in [2.24, 2.45) is 5.14 Å². The Morgan fingerprint density at radius 2 is 2.06 bits per heavy atom. The topological polar surface area (TPSA) is 150 Å². The molecule has 0 saturated carbocycles. The summed E-state index contributed by atoms with van der Waals surface area (Å²) < 4.78 is 25.2. The summed E-state index contributed by atoms with van der Waals surface area (Å²) in [5, 5.41) is 18.9. The van der Waals surface area contributed by atoms with Crippen molar-refractivity contribution in [1.29, 1.82) is 0 Å². The monoisotopic (exact) mass is 497 g/mol. The molecule has 0 aliphatic heterocycles. The number of nitrogens with two attached hydrogens (primary N) is 1. The summed E-state index contributed by atoms with van der Waals surface area (Å²) in [6.07, 6.45) is 0.791. The lowest BCUT2D eigenvalue weighted by Crippen LogP contribution is -2.23. The van der Waals surface area contributed by atoms with Gasteiger partial charge in [0.2, 0.25) is 15.9 Å². The van der Waals surface area contributed by atoms with Crippen molar-refractivity contribution in [3.05, 3.63) is 51.5 Å². The van der Waals surface area contributed by atoms with E-state index in [2.05, 4.69) is 10.3 Å². The smallest absolute Gasteiger partial charge is 0.271 e. The molecule has 0 aliphatic rings. The number of rotatable bonds is 8. The number of imidazole rings is 1. The number of nitro groups is 1. The minimum Gasteiger partial charge on any atom is -0.324 e. The normalized spacial score (nSPS) is 12.6. The molecule has 2 aromatic carbocycles. The van der Waals surface area contributed by atoms with Gasteiger partial charge in [-0.2, -0.15) is 0 Å². The summed E-state index contributed by atoms with van der Waals surface area (Å²) in [6, 6.07) is 8.24. The molecule has 0 fully saturated rings. The molecular weight excluding hydrogens is 478 g/mol. The Bertz CT molecular complexity index is 1310. The lowest BCUT2D eigenvalue weighted by Gasteiger charge is -2.14. The van der Waals surface area contributed by atoms with Gasteiger partial charge in [-0.25, -0.2) is 18.5 Å². The number of thioether (sulfide) groups is 1. The number of carbonyl (C=O) groups excluding carboxylic acids is 1. The molecule has 13 heteroatoms. The summed E-state index contributed by atoms with van der Waals surface area (Å²) >= 11 is 7.24. The first-order valence-corrected chi connectivity index (χ1v) is 12.3. The van der Waals surface area contributed by atoms with Crippen LogP contribution >= 0.6 is 23.4 Å². The van der Waals surface area contributed by atoms with Crippen LogP contribution in [0.25, 0.3) is 11.0 Å². The van der Waals surface area contributed by atoms with E-state index < -0.39 is 26.1 Å². The van der Waals surface area contributed by atoms with Gasteiger partial charge < -0.3 is 9.88 Å². The second kappa shape index (κ2) is 9.45. The number of halogens is 1. The molecule has 0 radical (unpaired) electrons. The summed E-state index contributed by atoms with van der Waals surface area (Å²) in [5.74, 6) is -0.419. The molecule has 1 atom stereocenters. The fourth-order valence-corrected chi connectivity index (χ4v) is 4.61. The summed E-state index contributed by atoms with van der Waals surface area (Å²) in [5.41, 5.74) is 1.11. The van der Waals surface area contributed by atoms with Crippen LogP contribution < -0.4 is 10.5 Å². The van der Waals surface area contributed by atoms with Crippen molar-refractivity contribution in [3.8, 4) is 0 Å². The van der Waals surface area contributed by atoms with Crippen molar-refractivity contribution in [2.75, 3.05) is 5.32 Å². The molecule has 1 heterocycles. The van der Waals surface area contributed by atoms with Crippen LogP contribution in [0, 0.1) is 10.1 Å². The van der Waals surface area contributed by atoms with E-state index in [1.165, 1.54) is 42.1 Å². The lowest BCUT2D eigenvalue weighted by atomic mass is 10.2. The molecular formula is C19H20ClN5O5S2. The van der Waals surface area contributed by atoms with E-state index in [0.29, 0.717) is 17.2 Å². The zero-order valence-corrected chi connectivity index (χ0v) is 19.5. The molecule has 1 amide bonds. The summed E-state index contributed by atoms with van der Waals surface area (Å²) in [4.78, 5) is 27.6. The Balaban J connectivity index is 1.88. The fraction of sp³-hybridized carbons (Fsp3) is 0.263.